The summed E-state index contributed by atoms with van der Waals surface area (Å²) in [5.74, 6) is -1.38. The van der Waals surface area contributed by atoms with Crippen LogP contribution >= 0.6 is 0 Å². The molecule has 162 valence electrons. The number of carboxylic acids is 1. The number of rotatable bonds is 7. The molecule has 2 aromatic heterocycles. The lowest BCUT2D eigenvalue weighted by molar-refractivity contribution is 0.0678. The first-order valence-corrected chi connectivity index (χ1v) is 9.85. The molecule has 9 nitrogen and oxygen atoms in total. The number of nitrogens with one attached hydrogen (secondary N) is 1. The largest absolute Gasteiger partial charge is 0.477 e. The van der Waals surface area contributed by atoms with Gasteiger partial charge in [-0.2, -0.15) is 0 Å². The Morgan fingerprint density at radius 2 is 1.81 bits per heavy atom. The standard InChI is InChI=1S/C23H21N5O4/c1-14-18-20(25-11-15-7-9-17(24)10-8-15)19(23(30)31)22(29)28(21(18)27-13-26-14)32-12-16-5-3-2-4-6-16/h2-10,13,25H,11-12,24H2,1H3,(H,30,31). The number of nitrogens with two attached hydrogens (primary N) is 1. The van der Waals surface area contributed by atoms with Crippen LogP contribution in [-0.4, -0.2) is 25.8 Å². The van der Waals surface area contributed by atoms with Crippen molar-refractivity contribution in [1.29, 1.82) is 0 Å². The van der Waals surface area contributed by atoms with E-state index in [-0.39, 0.29) is 24.5 Å². The first-order valence-electron chi connectivity index (χ1n) is 9.85. The Labute approximate surface area is 183 Å². The highest BCUT2D eigenvalue weighted by Gasteiger charge is 2.25. The fourth-order valence-electron chi connectivity index (χ4n) is 3.37. The van der Waals surface area contributed by atoms with Gasteiger partial charge in [0.1, 0.15) is 12.9 Å². The van der Waals surface area contributed by atoms with Gasteiger partial charge in [0.25, 0.3) is 0 Å². The second kappa shape index (κ2) is 8.76. The summed E-state index contributed by atoms with van der Waals surface area (Å²) in [5.41, 5.74) is 7.60. The first-order chi connectivity index (χ1) is 15.5. The van der Waals surface area contributed by atoms with Crippen molar-refractivity contribution in [3.63, 3.8) is 0 Å². The van der Waals surface area contributed by atoms with E-state index in [9.17, 15) is 14.7 Å². The van der Waals surface area contributed by atoms with E-state index >= 15 is 0 Å². The molecular formula is C23H21N5O4. The maximum Gasteiger partial charge on any atom is 0.343 e. The van der Waals surface area contributed by atoms with Gasteiger partial charge in [0, 0.05) is 12.2 Å². The van der Waals surface area contributed by atoms with Crippen molar-refractivity contribution in [3.05, 3.63) is 93.7 Å². The second-order valence-corrected chi connectivity index (χ2v) is 7.17. The van der Waals surface area contributed by atoms with E-state index in [0.29, 0.717) is 16.8 Å². The number of carbonyl (C=O) groups is 1. The average molecular weight is 431 g/mol. The van der Waals surface area contributed by atoms with Crippen molar-refractivity contribution >= 4 is 28.4 Å². The Bertz CT molecular complexity index is 1330. The van der Waals surface area contributed by atoms with Crippen LogP contribution < -0.4 is 21.4 Å². The highest BCUT2D eigenvalue weighted by atomic mass is 16.7. The van der Waals surface area contributed by atoms with Crippen LogP contribution in [0.1, 0.15) is 27.2 Å². The smallest absolute Gasteiger partial charge is 0.343 e. The van der Waals surface area contributed by atoms with Gasteiger partial charge in [-0.3, -0.25) is 4.79 Å². The Hall–Kier alpha value is -4.40. The summed E-state index contributed by atoms with van der Waals surface area (Å²) >= 11 is 0. The van der Waals surface area contributed by atoms with Crippen molar-refractivity contribution < 1.29 is 14.7 Å². The molecule has 4 N–H and O–H groups in total. The van der Waals surface area contributed by atoms with Crippen LogP contribution in [-0.2, 0) is 13.2 Å². The monoisotopic (exact) mass is 431 g/mol. The van der Waals surface area contributed by atoms with Gasteiger partial charge >= 0.3 is 11.5 Å². The predicted octanol–water partition coefficient (Wildman–Crippen LogP) is 2.62. The third-order valence-corrected chi connectivity index (χ3v) is 4.97. The lowest BCUT2D eigenvalue weighted by atomic mass is 10.1. The summed E-state index contributed by atoms with van der Waals surface area (Å²) in [6, 6.07) is 16.4. The van der Waals surface area contributed by atoms with Crippen molar-refractivity contribution in [3.8, 4) is 0 Å². The third kappa shape index (κ3) is 4.08. The minimum atomic E-state index is -1.38. The molecule has 0 radical (unpaired) electrons. The van der Waals surface area contributed by atoms with Crippen LogP contribution in [0.25, 0.3) is 11.0 Å². The highest BCUT2D eigenvalue weighted by Crippen LogP contribution is 2.27. The quantitative estimate of drug-likeness (QED) is 0.381. The van der Waals surface area contributed by atoms with Gasteiger partial charge in [0.05, 0.1) is 16.8 Å². The molecule has 0 amide bonds. The predicted molar refractivity (Wildman–Crippen MR) is 120 cm³/mol. The second-order valence-electron chi connectivity index (χ2n) is 7.17. The number of hydrogen-bond donors (Lipinski definition) is 3. The maximum absolute atomic E-state index is 13.2. The molecule has 0 saturated heterocycles. The molecule has 9 heteroatoms. The fraction of sp³-hybridized carbons (Fsp3) is 0.130. The summed E-state index contributed by atoms with van der Waals surface area (Å²) in [6.07, 6.45) is 1.31. The Morgan fingerprint density at radius 3 is 2.50 bits per heavy atom. The van der Waals surface area contributed by atoms with Gasteiger partial charge in [0.2, 0.25) is 0 Å². The van der Waals surface area contributed by atoms with Crippen LogP contribution in [0.5, 0.6) is 0 Å². The molecule has 0 spiro atoms. The number of anilines is 2. The molecule has 0 fully saturated rings. The number of pyridine rings is 1. The Morgan fingerprint density at radius 1 is 1.09 bits per heavy atom. The lowest BCUT2D eigenvalue weighted by Gasteiger charge is -2.18. The molecule has 0 aliphatic carbocycles. The van der Waals surface area contributed by atoms with Crippen LogP contribution in [0.15, 0.2) is 65.7 Å². The Balaban J connectivity index is 1.82. The van der Waals surface area contributed by atoms with Gasteiger partial charge < -0.3 is 21.0 Å². The zero-order chi connectivity index (χ0) is 22.7. The average Bonchev–Trinajstić information content (AvgIpc) is 2.78. The Kier molecular flexibility index (Phi) is 5.71. The maximum atomic E-state index is 13.2. The number of hydrogen-bond acceptors (Lipinski definition) is 7. The van der Waals surface area contributed by atoms with E-state index in [1.807, 2.05) is 42.5 Å². The SMILES string of the molecule is Cc1ncnc2c1c(NCc1ccc(N)cc1)c(C(=O)O)c(=O)n2OCc1ccccc1. The van der Waals surface area contributed by atoms with Gasteiger partial charge in [-0.1, -0.05) is 42.5 Å². The molecule has 0 atom stereocenters. The summed E-state index contributed by atoms with van der Waals surface area (Å²) in [7, 11) is 0. The van der Waals surface area contributed by atoms with Crippen LogP contribution in [0.3, 0.4) is 0 Å². The van der Waals surface area contributed by atoms with Crippen LogP contribution in [0.2, 0.25) is 0 Å². The minimum Gasteiger partial charge on any atom is -0.477 e. The molecule has 4 rings (SSSR count). The van der Waals surface area contributed by atoms with E-state index in [1.54, 1.807) is 19.1 Å². The highest BCUT2D eigenvalue weighted by molar-refractivity contribution is 6.04. The molecule has 0 saturated carbocycles. The number of aromatic nitrogens is 3. The van der Waals surface area contributed by atoms with E-state index in [0.717, 1.165) is 15.9 Å². The van der Waals surface area contributed by atoms with E-state index in [4.69, 9.17) is 10.6 Å². The number of aryl methyl sites for hydroxylation is 1. The number of carboxylic acid groups (broad SMARTS) is 1. The van der Waals surface area contributed by atoms with Crippen LogP contribution in [0, 0.1) is 6.92 Å². The van der Waals surface area contributed by atoms with Crippen molar-refractivity contribution in [1.82, 2.24) is 14.7 Å². The number of aromatic carboxylic acids is 1. The molecule has 2 aromatic carbocycles. The molecule has 0 bridgehead atoms. The van der Waals surface area contributed by atoms with E-state index < -0.39 is 17.1 Å². The molecule has 0 aliphatic heterocycles. The van der Waals surface area contributed by atoms with Crippen molar-refractivity contribution in [2.24, 2.45) is 0 Å². The number of nitrogen functional groups attached to an aromatic ring is 1. The molecular weight excluding hydrogens is 410 g/mol. The number of nitrogens with zero attached hydrogens (tertiary/aromatic N) is 3. The van der Waals surface area contributed by atoms with E-state index in [1.165, 1.54) is 6.33 Å². The zero-order valence-corrected chi connectivity index (χ0v) is 17.3. The fourth-order valence-corrected chi connectivity index (χ4v) is 3.37. The topological polar surface area (TPSA) is 132 Å². The van der Waals surface area contributed by atoms with Gasteiger partial charge in [-0.15, -0.1) is 4.73 Å². The molecule has 32 heavy (non-hydrogen) atoms. The molecule has 2 heterocycles. The van der Waals surface area contributed by atoms with Crippen molar-refractivity contribution in [2.45, 2.75) is 20.1 Å². The third-order valence-electron chi connectivity index (χ3n) is 4.97. The van der Waals surface area contributed by atoms with Gasteiger partial charge in [-0.05, 0) is 30.2 Å². The molecule has 0 unspecified atom stereocenters. The molecule has 4 aromatic rings. The minimum absolute atomic E-state index is 0.0656. The molecule has 0 aliphatic rings. The van der Waals surface area contributed by atoms with Gasteiger partial charge in [-0.25, -0.2) is 14.8 Å². The first kappa shape index (κ1) is 20.9. The zero-order valence-electron chi connectivity index (χ0n) is 17.3. The number of benzene rings is 2. The summed E-state index contributed by atoms with van der Waals surface area (Å²) in [5, 5.41) is 13.4. The van der Waals surface area contributed by atoms with Crippen molar-refractivity contribution in [2.75, 3.05) is 11.1 Å². The van der Waals surface area contributed by atoms with Gasteiger partial charge in [0.15, 0.2) is 11.2 Å². The number of fused-ring (bicyclic) bond motifs is 1. The van der Waals surface area contributed by atoms with E-state index in [2.05, 4.69) is 15.3 Å². The summed E-state index contributed by atoms with van der Waals surface area (Å²) < 4.78 is 0.925. The normalized spacial score (nSPS) is 10.8. The summed E-state index contributed by atoms with van der Waals surface area (Å²) in [6.45, 7) is 2.06. The van der Waals surface area contributed by atoms with Crippen LogP contribution in [0.4, 0.5) is 11.4 Å². The lowest BCUT2D eigenvalue weighted by Crippen LogP contribution is -2.33. The summed E-state index contributed by atoms with van der Waals surface area (Å²) in [4.78, 5) is 39.4.